The van der Waals surface area contributed by atoms with E-state index in [1.165, 1.54) is 0 Å². The summed E-state index contributed by atoms with van der Waals surface area (Å²) in [4.78, 5) is 21.7. The minimum atomic E-state index is -0.526. The molecular weight excluding hydrogens is 412 g/mol. The van der Waals surface area contributed by atoms with Gasteiger partial charge in [0.1, 0.15) is 11.9 Å². The van der Waals surface area contributed by atoms with Crippen LogP contribution in [0.4, 0.5) is 5.82 Å². The molecule has 0 aliphatic rings. The SMILES string of the molecule is Cc1cn(-c2ccc(NC(=O)C(NCCc3ccc(C#N)cc3)c3ccccc3)nc2)cn1. The Morgan fingerprint density at radius 3 is 2.48 bits per heavy atom. The Morgan fingerprint density at radius 2 is 1.85 bits per heavy atom. The Balaban J connectivity index is 1.42. The molecule has 33 heavy (non-hydrogen) atoms. The van der Waals surface area contributed by atoms with E-state index in [1.54, 1.807) is 30.7 Å². The van der Waals surface area contributed by atoms with E-state index in [-0.39, 0.29) is 5.91 Å². The highest BCUT2D eigenvalue weighted by Gasteiger charge is 2.20. The van der Waals surface area contributed by atoms with Crippen LogP contribution in [0.5, 0.6) is 0 Å². The number of hydrogen-bond donors (Lipinski definition) is 2. The number of aryl methyl sites for hydroxylation is 1. The zero-order valence-corrected chi connectivity index (χ0v) is 18.3. The van der Waals surface area contributed by atoms with E-state index in [1.807, 2.05) is 66.2 Å². The summed E-state index contributed by atoms with van der Waals surface area (Å²) >= 11 is 0. The van der Waals surface area contributed by atoms with Crippen LogP contribution in [0.2, 0.25) is 0 Å². The molecule has 164 valence electrons. The van der Waals surface area contributed by atoms with Crippen molar-refractivity contribution in [2.45, 2.75) is 19.4 Å². The smallest absolute Gasteiger partial charge is 0.247 e. The van der Waals surface area contributed by atoms with Crippen LogP contribution in [0, 0.1) is 18.3 Å². The van der Waals surface area contributed by atoms with E-state index >= 15 is 0 Å². The molecule has 0 radical (unpaired) electrons. The molecule has 1 amide bonds. The molecular formula is C26H24N6O. The van der Waals surface area contributed by atoms with Crippen LogP contribution in [0.1, 0.15) is 28.4 Å². The molecule has 2 N–H and O–H groups in total. The van der Waals surface area contributed by atoms with E-state index in [2.05, 4.69) is 26.7 Å². The molecule has 1 atom stereocenters. The van der Waals surface area contributed by atoms with Crippen LogP contribution < -0.4 is 10.6 Å². The Hall–Kier alpha value is -4.28. The van der Waals surface area contributed by atoms with Crippen molar-refractivity contribution in [3.05, 3.63) is 108 Å². The Kier molecular flexibility index (Phi) is 6.88. The maximum absolute atomic E-state index is 13.1. The number of nitrogens with one attached hydrogen (secondary N) is 2. The first kappa shape index (κ1) is 21.9. The lowest BCUT2D eigenvalue weighted by Gasteiger charge is -2.19. The van der Waals surface area contributed by atoms with Crippen molar-refractivity contribution in [3.8, 4) is 11.8 Å². The number of nitriles is 1. The lowest BCUT2D eigenvalue weighted by atomic mass is 10.1. The van der Waals surface area contributed by atoms with Crippen LogP contribution >= 0.6 is 0 Å². The summed E-state index contributed by atoms with van der Waals surface area (Å²) in [6.07, 6.45) is 6.08. The normalized spacial score (nSPS) is 11.5. The van der Waals surface area contributed by atoms with Crippen molar-refractivity contribution < 1.29 is 4.79 Å². The molecule has 2 aromatic heterocycles. The summed E-state index contributed by atoms with van der Waals surface area (Å²) < 4.78 is 1.88. The fraction of sp³-hybridized carbons (Fsp3) is 0.154. The van der Waals surface area contributed by atoms with Gasteiger partial charge in [0, 0.05) is 12.7 Å². The largest absolute Gasteiger partial charge is 0.309 e. The Bertz CT molecular complexity index is 1240. The third-order valence-corrected chi connectivity index (χ3v) is 5.25. The Morgan fingerprint density at radius 1 is 1.06 bits per heavy atom. The van der Waals surface area contributed by atoms with E-state index in [0.717, 1.165) is 28.9 Å². The summed E-state index contributed by atoms with van der Waals surface area (Å²) in [5, 5.41) is 15.2. The van der Waals surface area contributed by atoms with Gasteiger partial charge in [-0.1, -0.05) is 42.5 Å². The predicted octanol–water partition coefficient (Wildman–Crippen LogP) is 3.96. The molecule has 0 aliphatic carbocycles. The van der Waals surface area contributed by atoms with Gasteiger partial charge in [-0.25, -0.2) is 9.97 Å². The average Bonchev–Trinajstić information content (AvgIpc) is 3.29. The van der Waals surface area contributed by atoms with Gasteiger partial charge >= 0.3 is 0 Å². The number of carbonyl (C=O) groups excluding carboxylic acids is 1. The van der Waals surface area contributed by atoms with Gasteiger partial charge in [-0.15, -0.1) is 0 Å². The third-order valence-electron chi connectivity index (χ3n) is 5.25. The number of imidazole rings is 1. The zero-order valence-electron chi connectivity index (χ0n) is 18.3. The van der Waals surface area contributed by atoms with Gasteiger partial charge in [0.2, 0.25) is 5.91 Å². The molecule has 4 rings (SSSR count). The molecule has 0 aliphatic heterocycles. The number of carbonyl (C=O) groups is 1. The van der Waals surface area contributed by atoms with Crippen molar-refractivity contribution >= 4 is 11.7 Å². The van der Waals surface area contributed by atoms with Gasteiger partial charge in [0.25, 0.3) is 0 Å². The molecule has 0 bridgehead atoms. The van der Waals surface area contributed by atoms with Crippen LogP contribution in [-0.4, -0.2) is 27.0 Å². The summed E-state index contributed by atoms with van der Waals surface area (Å²) in [6.45, 7) is 2.53. The van der Waals surface area contributed by atoms with Crippen LogP contribution in [0.15, 0.2) is 85.5 Å². The van der Waals surface area contributed by atoms with Gasteiger partial charge in [-0.2, -0.15) is 5.26 Å². The lowest BCUT2D eigenvalue weighted by Crippen LogP contribution is -2.34. The first-order valence-electron chi connectivity index (χ1n) is 10.7. The van der Waals surface area contributed by atoms with E-state index < -0.39 is 6.04 Å². The summed E-state index contributed by atoms with van der Waals surface area (Å²) in [6, 6.07) is 22.3. The standard InChI is InChI=1S/C26H24N6O/c1-19-17-32(18-30-19)23-11-12-24(29-16-23)31-26(33)25(22-5-3-2-4-6-22)28-14-13-20-7-9-21(15-27)10-8-20/h2-12,16-18,25,28H,13-14H2,1H3,(H,29,31,33). The number of aromatic nitrogens is 3. The second-order valence-electron chi connectivity index (χ2n) is 7.67. The predicted molar refractivity (Wildman–Crippen MR) is 127 cm³/mol. The molecule has 7 nitrogen and oxygen atoms in total. The van der Waals surface area contributed by atoms with Gasteiger partial charge in [-0.3, -0.25) is 4.79 Å². The number of anilines is 1. The lowest BCUT2D eigenvalue weighted by molar-refractivity contribution is -0.118. The minimum Gasteiger partial charge on any atom is -0.309 e. The number of pyridine rings is 1. The fourth-order valence-corrected chi connectivity index (χ4v) is 3.49. The minimum absolute atomic E-state index is 0.181. The Labute approximate surface area is 192 Å². The monoisotopic (exact) mass is 436 g/mol. The molecule has 0 fully saturated rings. The maximum Gasteiger partial charge on any atom is 0.247 e. The topological polar surface area (TPSA) is 95.6 Å². The highest BCUT2D eigenvalue weighted by atomic mass is 16.2. The zero-order chi connectivity index (χ0) is 23.0. The molecule has 2 aromatic carbocycles. The van der Waals surface area contributed by atoms with Crippen molar-refractivity contribution in [1.29, 1.82) is 5.26 Å². The average molecular weight is 437 g/mol. The molecule has 4 aromatic rings. The van der Waals surface area contributed by atoms with Gasteiger partial charge < -0.3 is 15.2 Å². The quantitative estimate of drug-likeness (QED) is 0.436. The van der Waals surface area contributed by atoms with Crippen molar-refractivity contribution in [1.82, 2.24) is 19.9 Å². The second kappa shape index (κ2) is 10.4. The van der Waals surface area contributed by atoms with Gasteiger partial charge in [0.05, 0.1) is 35.5 Å². The number of nitrogens with zero attached hydrogens (tertiary/aromatic N) is 4. The maximum atomic E-state index is 13.1. The number of benzene rings is 2. The molecule has 7 heteroatoms. The molecule has 0 saturated carbocycles. The highest BCUT2D eigenvalue weighted by molar-refractivity contribution is 5.94. The number of rotatable bonds is 8. The third kappa shape index (κ3) is 5.70. The highest BCUT2D eigenvalue weighted by Crippen LogP contribution is 2.17. The van der Waals surface area contributed by atoms with E-state index in [0.29, 0.717) is 17.9 Å². The van der Waals surface area contributed by atoms with Crippen LogP contribution in [0.3, 0.4) is 0 Å². The second-order valence-corrected chi connectivity index (χ2v) is 7.67. The fourth-order valence-electron chi connectivity index (χ4n) is 3.49. The summed E-state index contributed by atoms with van der Waals surface area (Å²) in [5.41, 5.74) is 4.40. The number of hydrogen-bond acceptors (Lipinski definition) is 5. The molecule has 1 unspecified atom stereocenters. The number of amides is 1. The first-order valence-corrected chi connectivity index (χ1v) is 10.7. The van der Waals surface area contributed by atoms with E-state index in [4.69, 9.17) is 5.26 Å². The van der Waals surface area contributed by atoms with E-state index in [9.17, 15) is 4.79 Å². The van der Waals surface area contributed by atoms with Crippen LogP contribution in [0.25, 0.3) is 5.69 Å². The van der Waals surface area contributed by atoms with Crippen LogP contribution in [-0.2, 0) is 11.2 Å². The van der Waals surface area contributed by atoms with Crippen molar-refractivity contribution in [3.63, 3.8) is 0 Å². The first-order chi connectivity index (χ1) is 16.1. The van der Waals surface area contributed by atoms with Crippen molar-refractivity contribution in [2.24, 2.45) is 0 Å². The summed E-state index contributed by atoms with van der Waals surface area (Å²) in [5.74, 6) is 0.301. The molecule has 2 heterocycles. The van der Waals surface area contributed by atoms with Gasteiger partial charge in [-0.05, 0) is 48.7 Å². The summed E-state index contributed by atoms with van der Waals surface area (Å²) in [7, 11) is 0. The molecule has 0 saturated heterocycles. The molecule has 0 spiro atoms. The van der Waals surface area contributed by atoms with Gasteiger partial charge in [0.15, 0.2) is 0 Å². The van der Waals surface area contributed by atoms with Crippen molar-refractivity contribution in [2.75, 3.05) is 11.9 Å².